The van der Waals surface area contributed by atoms with Crippen LogP contribution in [0.15, 0.2) is 72.8 Å². The molecule has 1 heterocycles. The number of rotatable bonds is 5. The van der Waals surface area contributed by atoms with Crippen molar-refractivity contribution in [3.63, 3.8) is 0 Å². The van der Waals surface area contributed by atoms with Crippen LogP contribution < -0.4 is 10.2 Å². The predicted octanol–water partition coefficient (Wildman–Crippen LogP) is 4.65. The molecule has 1 aliphatic rings. The minimum Gasteiger partial charge on any atom is -0.378 e. The van der Waals surface area contributed by atoms with Gasteiger partial charge in [0.05, 0.1) is 13.2 Å². The Balaban J connectivity index is 1.48. The van der Waals surface area contributed by atoms with Gasteiger partial charge in [0.25, 0.3) is 5.91 Å². The minimum atomic E-state index is -0.168. The first-order valence-electron chi connectivity index (χ1n) is 10.1. The van der Waals surface area contributed by atoms with Crippen LogP contribution in [0.3, 0.4) is 0 Å². The van der Waals surface area contributed by atoms with Crippen molar-refractivity contribution in [3.05, 3.63) is 83.9 Å². The van der Waals surface area contributed by atoms with E-state index in [0.717, 1.165) is 48.8 Å². The molecule has 4 rings (SSSR count). The summed E-state index contributed by atoms with van der Waals surface area (Å²) in [5.41, 5.74) is 4.91. The van der Waals surface area contributed by atoms with E-state index in [2.05, 4.69) is 10.2 Å². The molecule has 3 aromatic rings. The lowest BCUT2D eigenvalue weighted by atomic mass is 10.00. The molecule has 1 saturated heterocycles. The molecular formula is C25H24N2O3. The molecule has 0 saturated carbocycles. The van der Waals surface area contributed by atoms with E-state index in [1.165, 1.54) is 0 Å². The van der Waals surface area contributed by atoms with E-state index in [9.17, 15) is 9.59 Å². The van der Waals surface area contributed by atoms with Crippen LogP contribution in [0.1, 0.15) is 27.6 Å². The smallest absolute Gasteiger partial charge is 0.255 e. The van der Waals surface area contributed by atoms with Gasteiger partial charge >= 0.3 is 0 Å². The van der Waals surface area contributed by atoms with Crippen molar-refractivity contribution in [2.75, 3.05) is 36.5 Å². The average molecular weight is 400 g/mol. The molecule has 0 aliphatic carbocycles. The molecule has 1 fully saturated rings. The van der Waals surface area contributed by atoms with Crippen molar-refractivity contribution < 1.29 is 14.3 Å². The largest absolute Gasteiger partial charge is 0.378 e. The quantitative estimate of drug-likeness (QED) is 0.634. The number of anilines is 2. The molecule has 1 N–H and O–H groups in total. The molecule has 30 heavy (non-hydrogen) atoms. The second-order valence-electron chi connectivity index (χ2n) is 7.32. The summed E-state index contributed by atoms with van der Waals surface area (Å²) in [5.74, 6) is -0.148. The van der Waals surface area contributed by atoms with Gasteiger partial charge < -0.3 is 15.0 Å². The fourth-order valence-corrected chi connectivity index (χ4v) is 3.54. The average Bonchev–Trinajstić information content (AvgIpc) is 2.80. The molecule has 5 nitrogen and oxygen atoms in total. The van der Waals surface area contributed by atoms with Gasteiger partial charge in [-0.05, 0) is 60.5 Å². The summed E-state index contributed by atoms with van der Waals surface area (Å²) < 4.78 is 5.39. The fraction of sp³-hybridized carbons (Fsp3) is 0.200. The number of Topliss-reactive ketones (excluding diaryl/α,β-unsaturated/α-hetero) is 1. The van der Waals surface area contributed by atoms with E-state index in [0.29, 0.717) is 11.1 Å². The van der Waals surface area contributed by atoms with Gasteiger partial charge in [0.15, 0.2) is 5.78 Å². The van der Waals surface area contributed by atoms with E-state index in [1.807, 2.05) is 60.7 Å². The second kappa shape index (κ2) is 8.93. The third-order valence-electron chi connectivity index (χ3n) is 5.23. The first-order chi connectivity index (χ1) is 14.6. The Bertz CT molecular complexity index is 1050. The van der Waals surface area contributed by atoms with Crippen LogP contribution in [0.4, 0.5) is 11.4 Å². The number of hydrogen-bond acceptors (Lipinski definition) is 4. The number of hydrogen-bond donors (Lipinski definition) is 1. The van der Waals surface area contributed by atoms with Gasteiger partial charge in [0.2, 0.25) is 0 Å². The van der Waals surface area contributed by atoms with Crippen LogP contribution >= 0.6 is 0 Å². The van der Waals surface area contributed by atoms with Crippen molar-refractivity contribution in [2.24, 2.45) is 0 Å². The van der Waals surface area contributed by atoms with Crippen molar-refractivity contribution in [1.82, 2.24) is 0 Å². The third-order valence-corrected chi connectivity index (χ3v) is 5.23. The zero-order valence-electron chi connectivity index (χ0n) is 16.9. The van der Waals surface area contributed by atoms with Crippen LogP contribution in [0.25, 0.3) is 11.1 Å². The maximum atomic E-state index is 12.8. The number of ether oxygens (including phenoxy) is 1. The summed E-state index contributed by atoms with van der Waals surface area (Å²) in [6.45, 7) is 4.79. The highest BCUT2D eigenvalue weighted by atomic mass is 16.5. The van der Waals surface area contributed by atoms with Gasteiger partial charge in [-0.25, -0.2) is 0 Å². The minimum absolute atomic E-state index is 0.0197. The molecule has 0 atom stereocenters. The van der Waals surface area contributed by atoms with E-state index in [1.54, 1.807) is 19.1 Å². The zero-order chi connectivity index (χ0) is 20.9. The molecule has 0 aromatic heterocycles. The molecular weight excluding hydrogens is 376 g/mol. The number of carbonyl (C=O) groups is 2. The van der Waals surface area contributed by atoms with E-state index in [-0.39, 0.29) is 11.7 Å². The highest BCUT2D eigenvalue weighted by Gasteiger charge is 2.12. The highest BCUT2D eigenvalue weighted by molar-refractivity contribution is 6.05. The molecule has 0 bridgehead atoms. The lowest BCUT2D eigenvalue weighted by Crippen LogP contribution is -2.36. The Labute approximate surface area is 176 Å². The van der Waals surface area contributed by atoms with Crippen molar-refractivity contribution in [1.29, 1.82) is 0 Å². The summed E-state index contributed by atoms with van der Waals surface area (Å²) in [6, 6.07) is 22.7. The SMILES string of the molecule is CC(=O)c1cccc(-c2cccc(C(=O)Nc3ccc(N4CCOCC4)cc3)c2)c1. The van der Waals surface area contributed by atoms with Crippen LogP contribution in [0, 0.1) is 0 Å². The lowest BCUT2D eigenvalue weighted by Gasteiger charge is -2.28. The molecule has 0 radical (unpaired) electrons. The maximum absolute atomic E-state index is 12.8. The number of nitrogens with zero attached hydrogens (tertiary/aromatic N) is 1. The van der Waals surface area contributed by atoms with Gasteiger partial charge in [-0.1, -0.05) is 30.3 Å². The van der Waals surface area contributed by atoms with Crippen LogP contribution in [-0.2, 0) is 4.74 Å². The summed E-state index contributed by atoms with van der Waals surface area (Å²) in [6.07, 6.45) is 0. The molecule has 0 spiro atoms. The van der Waals surface area contributed by atoms with Gasteiger partial charge in [0, 0.05) is 35.6 Å². The fourth-order valence-electron chi connectivity index (χ4n) is 3.54. The second-order valence-corrected chi connectivity index (χ2v) is 7.32. The maximum Gasteiger partial charge on any atom is 0.255 e. The lowest BCUT2D eigenvalue weighted by molar-refractivity contribution is 0.101. The normalized spacial score (nSPS) is 13.7. The Morgan fingerprint density at radius 3 is 2.07 bits per heavy atom. The summed E-state index contributed by atoms with van der Waals surface area (Å²) in [7, 11) is 0. The van der Waals surface area contributed by atoms with Crippen molar-refractivity contribution >= 4 is 23.1 Å². The first-order valence-corrected chi connectivity index (χ1v) is 10.1. The Hall–Kier alpha value is -3.44. The summed E-state index contributed by atoms with van der Waals surface area (Å²) in [4.78, 5) is 26.7. The van der Waals surface area contributed by atoms with Crippen molar-refractivity contribution in [2.45, 2.75) is 6.92 Å². The molecule has 3 aromatic carbocycles. The van der Waals surface area contributed by atoms with E-state index < -0.39 is 0 Å². The van der Waals surface area contributed by atoms with Gasteiger partial charge in [-0.15, -0.1) is 0 Å². The van der Waals surface area contributed by atoms with Crippen molar-refractivity contribution in [3.8, 4) is 11.1 Å². The van der Waals surface area contributed by atoms with Gasteiger partial charge in [-0.3, -0.25) is 9.59 Å². The summed E-state index contributed by atoms with van der Waals surface area (Å²) in [5, 5.41) is 2.96. The molecule has 5 heteroatoms. The van der Waals surface area contributed by atoms with Crippen LogP contribution in [0.2, 0.25) is 0 Å². The Kier molecular flexibility index (Phi) is 5.91. The van der Waals surface area contributed by atoms with Gasteiger partial charge in [0.1, 0.15) is 0 Å². The number of morpholine rings is 1. The predicted molar refractivity (Wildman–Crippen MR) is 119 cm³/mol. The topological polar surface area (TPSA) is 58.6 Å². The summed E-state index contributed by atoms with van der Waals surface area (Å²) >= 11 is 0. The zero-order valence-corrected chi connectivity index (χ0v) is 16.9. The number of amides is 1. The number of benzene rings is 3. The van der Waals surface area contributed by atoms with Gasteiger partial charge in [-0.2, -0.15) is 0 Å². The molecule has 0 unspecified atom stereocenters. The van der Waals surface area contributed by atoms with E-state index in [4.69, 9.17) is 4.74 Å². The van der Waals surface area contributed by atoms with Crippen LogP contribution in [-0.4, -0.2) is 38.0 Å². The van der Waals surface area contributed by atoms with Crippen LogP contribution in [0.5, 0.6) is 0 Å². The molecule has 1 amide bonds. The monoisotopic (exact) mass is 400 g/mol. The first kappa shape index (κ1) is 19.9. The Morgan fingerprint density at radius 2 is 1.43 bits per heavy atom. The highest BCUT2D eigenvalue weighted by Crippen LogP contribution is 2.23. The van der Waals surface area contributed by atoms with E-state index >= 15 is 0 Å². The standard InChI is InChI=1S/C25H24N2O3/c1-18(28)19-4-2-5-20(16-19)21-6-3-7-22(17-21)25(29)26-23-8-10-24(11-9-23)27-12-14-30-15-13-27/h2-11,16-17H,12-15H2,1H3,(H,26,29). The third kappa shape index (κ3) is 4.58. The molecule has 1 aliphatic heterocycles. The Morgan fingerprint density at radius 1 is 0.833 bits per heavy atom. The number of ketones is 1. The number of carbonyl (C=O) groups excluding carboxylic acids is 2. The molecule has 152 valence electrons. The number of nitrogens with one attached hydrogen (secondary N) is 1.